The first-order valence-corrected chi connectivity index (χ1v) is 13.9. The van der Waals surface area contributed by atoms with E-state index in [1.54, 1.807) is 0 Å². The van der Waals surface area contributed by atoms with Gasteiger partial charge in [0.1, 0.15) is 5.82 Å². The van der Waals surface area contributed by atoms with Crippen LogP contribution in [0.1, 0.15) is 37.7 Å². The summed E-state index contributed by atoms with van der Waals surface area (Å²) in [6.07, 6.45) is 7.18. The smallest absolute Gasteiger partial charge is 0.225 e. The third-order valence-corrected chi connectivity index (χ3v) is 8.40. The Morgan fingerprint density at radius 3 is 2.53 bits per heavy atom. The fourth-order valence-corrected chi connectivity index (χ4v) is 6.33. The van der Waals surface area contributed by atoms with E-state index < -0.39 is 0 Å². The van der Waals surface area contributed by atoms with E-state index in [1.165, 1.54) is 10.5 Å². The van der Waals surface area contributed by atoms with Gasteiger partial charge in [-0.15, -0.1) is 11.8 Å². The number of hydrogen-bond acceptors (Lipinski definition) is 6. The molecule has 0 saturated heterocycles. The van der Waals surface area contributed by atoms with Crippen molar-refractivity contribution in [1.82, 2.24) is 15.3 Å². The molecule has 1 unspecified atom stereocenters. The molecular formula is C29H35N5OS. The maximum absolute atomic E-state index is 12.6. The first kappa shape index (κ1) is 24.6. The Morgan fingerprint density at radius 1 is 1.00 bits per heavy atom. The predicted octanol–water partition coefficient (Wildman–Crippen LogP) is 5.58. The molecule has 0 bridgehead atoms. The van der Waals surface area contributed by atoms with Gasteiger partial charge in [0.2, 0.25) is 11.9 Å². The van der Waals surface area contributed by atoms with Crippen LogP contribution in [0.4, 0.5) is 11.8 Å². The number of amides is 1. The molecule has 1 saturated carbocycles. The Bertz CT molecular complexity index is 1220. The molecule has 1 aromatic heterocycles. The van der Waals surface area contributed by atoms with Crippen molar-refractivity contribution >= 4 is 45.2 Å². The number of fused-ring (bicyclic) bond motifs is 1. The highest BCUT2D eigenvalue weighted by atomic mass is 32.2. The van der Waals surface area contributed by atoms with Gasteiger partial charge in [-0.3, -0.25) is 4.79 Å². The summed E-state index contributed by atoms with van der Waals surface area (Å²) in [7, 11) is 4.03. The van der Waals surface area contributed by atoms with Crippen LogP contribution in [0, 0.1) is 11.8 Å². The number of nitrogens with one attached hydrogen (secondary N) is 2. The van der Waals surface area contributed by atoms with Crippen LogP contribution in [-0.2, 0) is 4.79 Å². The highest BCUT2D eigenvalue weighted by molar-refractivity contribution is 8.08. The van der Waals surface area contributed by atoms with Crippen molar-refractivity contribution in [1.29, 1.82) is 0 Å². The topological polar surface area (TPSA) is 70.2 Å². The molecule has 3 aromatic rings. The van der Waals surface area contributed by atoms with Gasteiger partial charge >= 0.3 is 0 Å². The number of hydrogen-bond donors (Lipinski definition) is 2. The van der Waals surface area contributed by atoms with Gasteiger partial charge in [-0.2, -0.15) is 4.98 Å². The number of nitrogens with zero attached hydrogens (tertiary/aromatic N) is 3. The molecule has 2 aliphatic rings. The third-order valence-electron chi connectivity index (χ3n) is 7.12. The zero-order valence-electron chi connectivity index (χ0n) is 21.1. The van der Waals surface area contributed by atoms with Gasteiger partial charge in [0.25, 0.3) is 0 Å². The van der Waals surface area contributed by atoms with Crippen LogP contribution in [-0.4, -0.2) is 48.3 Å². The van der Waals surface area contributed by atoms with Crippen LogP contribution >= 0.6 is 11.8 Å². The van der Waals surface area contributed by atoms with E-state index in [9.17, 15) is 4.79 Å². The minimum Gasteiger partial charge on any atom is -0.362 e. The first-order chi connectivity index (χ1) is 17.5. The monoisotopic (exact) mass is 501 g/mol. The lowest BCUT2D eigenvalue weighted by Crippen LogP contribution is -2.34. The Balaban J connectivity index is 1.07. The molecular weight excluding hydrogens is 466 g/mol. The van der Waals surface area contributed by atoms with E-state index >= 15 is 0 Å². The van der Waals surface area contributed by atoms with E-state index in [1.807, 2.05) is 55.0 Å². The van der Waals surface area contributed by atoms with Crippen molar-refractivity contribution < 1.29 is 4.79 Å². The van der Waals surface area contributed by atoms with E-state index in [0.717, 1.165) is 54.7 Å². The fourth-order valence-electron chi connectivity index (χ4n) is 5.13. The summed E-state index contributed by atoms with van der Waals surface area (Å²) in [5.41, 5.74) is 2.21. The number of allylic oxidation sites excluding steroid dienone is 1. The van der Waals surface area contributed by atoms with Gasteiger partial charge < -0.3 is 15.5 Å². The summed E-state index contributed by atoms with van der Waals surface area (Å²) in [6, 6.07) is 19.0. The van der Waals surface area contributed by atoms with Gasteiger partial charge in [-0.05, 0) is 55.2 Å². The van der Waals surface area contributed by atoms with Gasteiger partial charge in [-0.1, -0.05) is 48.5 Å². The SMILES string of the molecule is CN(C)c1nc(NC2CCC(CNC(=O)CC3C=C(c4ccccc4)SC3)CC2)nc2ccccc12. The standard InChI is InChI=1S/C29H35N5OS/c1-34(2)28-24-10-6-7-11-25(24)32-29(33-28)31-23-14-12-20(13-15-23)18-30-27(35)17-21-16-26(36-19-21)22-8-4-3-5-9-22/h3-11,16,20-21,23H,12-15,17-19H2,1-2H3,(H,30,35)(H,31,32,33). The average Bonchev–Trinajstić information content (AvgIpc) is 3.36. The normalized spacial score (nSPS) is 21.7. The molecule has 5 rings (SSSR count). The average molecular weight is 502 g/mol. The number of anilines is 2. The predicted molar refractivity (Wildman–Crippen MR) is 151 cm³/mol. The van der Waals surface area contributed by atoms with Gasteiger partial charge in [0.15, 0.2) is 0 Å². The Hall–Kier alpha value is -3.06. The number of thioether (sulfide) groups is 1. The lowest BCUT2D eigenvalue weighted by atomic mass is 9.86. The van der Waals surface area contributed by atoms with E-state index in [2.05, 4.69) is 47.0 Å². The largest absolute Gasteiger partial charge is 0.362 e. The van der Waals surface area contributed by atoms with Crippen LogP contribution in [0.25, 0.3) is 15.8 Å². The molecule has 0 radical (unpaired) electrons. The minimum absolute atomic E-state index is 0.173. The number of rotatable bonds is 8. The first-order valence-electron chi connectivity index (χ1n) is 12.9. The highest BCUT2D eigenvalue weighted by Crippen LogP contribution is 2.38. The third kappa shape index (κ3) is 6.01. The zero-order valence-corrected chi connectivity index (χ0v) is 21.9. The van der Waals surface area contributed by atoms with Crippen LogP contribution < -0.4 is 15.5 Å². The van der Waals surface area contributed by atoms with Crippen molar-refractivity contribution in [2.75, 3.05) is 36.6 Å². The number of carbonyl (C=O) groups excluding carboxylic acids is 1. The van der Waals surface area contributed by atoms with Crippen LogP contribution in [0.5, 0.6) is 0 Å². The van der Waals surface area contributed by atoms with Gasteiger partial charge in [0, 0.05) is 49.1 Å². The molecule has 1 aliphatic carbocycles. The molecule has 2 aromatic carbocycles. The van der Waals surface area contributed by atoms with Gasteiger partial charge in [-0.25, -0.2) is 4.98 Å². The molecule has 0 spiro atoms. The summed E-state index contributed by atoms with van der Waals surface area (Å²) in [5.74, 6) is 3.65. The second kappa shape index (κ2) is 11.3. The summed E-state index contributed by atoms with van der Waals surface area (Å²) < 4.78 is 0. The molecule has 2 N–H and O–H groups in total. The van der Waals surface area contributed by atoms with E-state index in [4.69, 9.17) is 9.97 Å². The minimum atomic E-state index is 0.173. The molecule has 1 atom stereocenters. The number of para-hydroxylation sites is 1. The number of carbonyl (C=O) groups is 1. The maximum atomic E-state index is 12.6. The molecule has 1 aliphatic heterocycles. The van der Waals surface area contributed by atoms with Crippen molar-refractivity contribution in [3.63, 3.8) is 0 Å². The van der Waals surface area contributed by atoms with Crippen LogP contribution in [0.15, 0.2) is 60.7 Å². The Kier molecular flexibility index (Phi) is 7.75. The van der Waals surface area contributed by atoms with Crippen molar-refractivity contribution in [2.45, 2.75) is 38.1 Å². The second-order valence-electron chi connectivity index (χ2n) is 10.1. The quantitative estimate of drug-likeness (QED) is 0.420. The molecule has 1 fully saturated rings. The summed E-state index contributed by atoms with van der Waals surface area (Å²) in [5, 5.41) is 7.85. The molecule has 7 heteroatoms. The molecule has 2 heterocycles. The van der Waals surface area contributed by atoms with Crippen molar-refractivity contribution in [3.8, 4) is 0 Å². The van der Waals surface area contributed by atoms with Crippen LogP contribution in [0.3, 0.4) is 0 Å². The van der Waals surface area contributed by atoms with Gasteiger partial charge in [0.05, 0.1) is 5.52 Å². The fraction of sp³-hybridized carbons (Fsp3) is 0.414. The summed E-state index contributed by atoms with van der Waals surface area (Å²) in [4.78, 5) is 25.5. The van der Waals surface area contributed by atoms with E-state index in [0.29, 0.717) is 30.2 Å². The Morgan fingerprint density at radius 2 is 1.75 bits per heavy atom. The van der Waals surface area contributed by atoms with Crippen LogP contribution in [0.2, 0.25) is 0 Å². The number of aromatic nitrogens is 2. The lowest BCUT2D eigenvalue weighted by molar-refractivity contribution is -0.121. The summed E-state index contributed by atoms with van der Waals surface area (Å²) in [6.45, 7) is 0.776. The zero-order chi connectivity index (χ0) is 24.9. The molecule has 6 nitrogen and oxygen atoms in total. The molecule has 36 heavy (non-hydrogen) atoms. The van der Waals surface area contributed by atoms with Crippen molar-refractivity contribution in [2.24, 2.45) is 11.8 Å². The lowest BCUT2D eigenvalue weighted by Gasteiger charge is -2.29. The highest BCUT2D eigenvalue weighted by Gasteiger charge is 2.24. The number of benzene rings is 2. The van der Waals surface area contributed by atoms with E-state index in [-0.39, 0.29) is 5.91 Å². The molecule has 188 valence electrons. The Labute approximate surface area is 218 Å². The molecule has 1 amide bonds. The summed E-state index contributed by atoms with van der Waals surface area (Å²) >= 11 is 1.86. The second-order valence-corrected chi connectivity index (χ2v) is 11.2. The van der Waals surface area contributed by atoms with Crippen molar-refractivity contribution in [3.05, 3.63) is 66.2 Å². The maximum Gasteiger partial charge on any atom is 0.225 e.